The first-order valence-corrected chi connectivity index (χ1v) is 6.52. The molecule has 1 aliphatic heterocycles. The number of hydrogen-bond donors (Lipinski definition) is 1. The van der Waals surface area contributed by atoms with E-state index in [-0.39, 0.29) is 0 Å². The predicted molar refractivity (Wildman–Crippen MR) is 64.7 cm³/mol. The smallest absolute Gasteiger partial charge is 0.0224 e. The van der Waals surface area contributed by atoms with Crippen LogP contribution < -0.4 is 5.73 Å². The Bertz CT molecular complexity index is 223. The quantitative estimate of drug-likeness (QED) is 0.774. The van der Waals surface area contributed by atoms with Gasteiger partial charge in [-0.05, 0) is 50.5 Å². The number of nitrogens with two attached hydrogens (primary N) is 1. The summed E-state index contributed by atoms with van der Waals surface area (Å²) in [6.45, 7) is 9.31. The first kappa shape index (κ1) is 11.4. The molecule has 1 saturated carbocycles. The molecule has 1 heterocycles. The Labute approximate surface area is 94.2 Å². The van der Waals surface area contributed by atoms with Gasteiger partial charge in [-0.2, -0.15) is 0 Å². The molecule has 2 aliphatic rings. The third-order valence-electron chi connectivity index (χ3n) is 4.84. The summed E-state index contributed by atoms with van der Waals surface area (Å²) in [5.74, 6) is 0.869. The van der Waals surface area contributed by atoms with Crippen molar-refractivity contribution in [2.24, 2.45) is 17.1 Å². The van der Waals surface area contributed by atoms with Crippen LogP contribution in [0.4, 0.5) is 0 Å². The van der Waals surface area contributed by atoms with E-state index >= 15 is 0 Å². The van der Waals surface area contributed by atoms with E-state index in [0.29, 0.717) is 11.5 Å². The fourth-order valence-corrected chi connectivity index (χ4v) is 3.03. The first-order chi connectivity index (χ1) is 7.07. The van der Waals surface area contributed by atoms with Gasteiger partial charge >= 0.3 is 0 Å². The zero-order valence-corrected chi connectivity index (χ0v) is 10.5. The number of likely N-dealkylation sites (tertiary alicyclic amines) is 1. The molecule has 0 aromatic carbocycles. The second kappa shape index (κ2) is 4.06. The highest BCUT2D eigenvalue weighted by atomic mass is 15.2. The maximum atomic E-state index is 5.92. The van der Waals surface area contributed by atoms with Crippen LogP contribution in [0, 0.1) is 11.3 Å². The molecule has 2 nitrogen and oxygen atoms in total. The third-order valence-corrected chi connectivity index (χ3v) is 4.84. The maximum absolute atomic E-state index is 5.92. The molecule has 1 aliphatic carbocycles. The number of piperidine rings is 1. The van der Waals surface area contributed by atoms with Crippen molar-refractivity contribution < 1.29 is 0 Å². The standard InChI is InChI=1S/C13H26N2/c1-10-4-7-15(12(8-10)9-14)11(2)13(3)5-6-13/h10-12H,4-9,14H2,1-3H3. The van der Waals surface area contributed by atoms with Gasteiger partial charge in [-0.25, -0.2) is 0 Å². The van der Waals surface area contributed by atoms with Gasteiger partial charge in [0.05, 0.1) is 0 Å². The molecule has 0 aromatic rings. The Morgan fingerprint density at radius 2 is 2.13 bits per heavy atom. The monoisotopic (exact) mass is 210 g/mol. The summed E-state index contributed by atoms with van der Waals surface area (Å²) in [5.41, 5.74) is 6.52. The molecule has 0 radical (unpaired) electrons. The van der Waals surface area contributed by atoms with E-state index in [1.807, 2.05) is 0 Å². The van der Waals surface area contributed by atoms with Gasteiger partial charge in [-0.3, -0.25) is 4.90 Å². The lowest BCUT2D eigenvalue weighted by atomic mass is 9.88. The number of rotatable bonds is 3. The molecule has 2 fully saturated rings. The van der Waals surface area contributed by atoms with E-state index in [1.165, 1.54) is 32.2 Å². The lowest BCUT2D eigenvalue weighted by Gasteiger charge is -2.44. The first-order valence-electron chi connectivity index (χ1n) is 6.52. The fourth-order valence-electron chi connectivity index (χ4n) is 3.03. The average molecular weight is 210 g/mol. The summed E-state index contributed by atoms with van der Waals surface area (Å²) in [6.07, 6.45) is 5.49. The van der Waals surface area contributed by atoms with Gasteiger partial charge in [-0.15, -0.1) is 0 Å². The minimum Gasteiger partial charge on any atom is -0.329 e. The second-order valence-corrected chi connectivity index (χ2v) is 6.09. The van der Waals surface area contributed by atoms with Crippen molar-refractivity contribution in [3.63, 3.8) is 0 Å². The van der Waals surface area contributed by atoms with Gasteiger partial charge in [0.15, 0.2) is 0 Å². The Morgan fingerprint density at radius 1 is 1.47 bits per heavy atom. The van der Waals surface area contributed by atoms with E-state index < -0.39 is 0 Å². The van der Waals surface area contributed by atoms with Crippen molar-refractivity contribution in [2.75, 3.05) is 13.1 Å². The highest BCUT2D eigenvalue weighted by Gasteiger charge is 2.46. The molecule has 88 valence electrons. The summed E-state index contributed by atoms with van der Waals surface area (Å²) in [6, 6.07) is 1.37. The summed E-state index contributed by atoms with van der Waals surface area (Å²) in [7, 11) is 0. The Kier molecular flexibility index (Phi) is 3.09. The van der Waals surface area contributed by atoms with E-state index in [9.17, 15) is 0 Å². The minimum atomic E-state index is 0.605. The lowest BCUT2D eigenvalue weighted by Crippen LogP contribution is -2.52. The van der Waals surface area contributed by atoms with Crippen LogP contribution in [-0.2, 0) is 0 Å². The maximum Gasteiger partial charge on any atom is 0.0224 e. The van der Waals surface area contributed by atoms with Gasteiger partial charge in [0.25, 0.3) is 0 Å². The van der Waals surface area contributed by atoms with Crippen LogP contribution in [-0.4, -0.2) is 30.1 Å². The van der Waals surface area contributed by atoms with Crippen molar-refractivity contribution in [3.05, 3.63) is 0 Å². The molecule has 0 spiro atoms. The molecule has 1 saturated heterocycles. The fraction of sp³-hybridized carbons (Fsp3) is 1.00. The third kappa shape index (κ3) is 2.21. The molecular formula is C13H26N2. The van der Waals surface area contributed by atoms with Crippen molar-refractivity contribution >= 4 is 0 Å². The SMILES string of the molecule is CC1CCN(C(C)C2(C)CC2)C(CN)C1. The van der Waals surface area contributed by atoms with Crippen LogP contribution >= 0.6 is 0 Å². The molecule has 2 rings (SSSR count). The molecular weight excluding hydrogens is 184 g/mol. The van der Waals surface area contributed by atoms with E-state index in [0.717, 1.165) is 18.5 Å². The van der Waals surface area contributed by atoms with E-state index in [1.54, 1.807) is 0 Å². The van der Waals surface area contributed by atoms with Crippen molar-refractivity contribution in [1.29, 1.82) is 0 Å². The van der Waals surface area contributed by atoms with E-state index in [2.05, 4.69) is 25.7 Å². The molecule has 0 amide bonds. The molecule has 3 unspecified atom stereocenters. The van der Waals surface area contributed by atoms with Gasteiger partial charge < -0.3 is 5.73 Å². The van der Waals surface area contributed by atoms with Crippen molar-refractivity contribution in [3.8, 4) is 0 Å². The summed E-state index contributed by atoms with van der Waals surface area (Å²) in [5, 5.41) is 0. The summed E-state index contributed by atoms with van der Waals surface area (Å²) < 4.78 is 0. The van der Waals surface area contributed by atoms with E-state index in [4.69, 9.17) is 5.73 Å². The Hall–Kier alpha value is -0.0800. The second-order valence-electron chi connectivity index (χ2n) is 6.09. The molecule has 2 heteroatoms. The van der Waals surface area contributed by atoms with Gasteiger partial charge in [0, 0.05) is 18.6 Å². The minimum absolute atomic E-state index is 0.605. The highest BCUT2D eigenvalue weighted by molar-refractivity contribution is 5.00. The van der Waals surface area contributed by atoms with Gasteiger partial charge in [0.2, 0.25) is 0 Å². The zero-order valence-electron chi connectivity index (χ0n) is 10.5. The zero-order chi connectivity index (χ0) is 11.1. The van der Waals surface area contributed by atoms with Gasteiger partial charge in [0.1, 0.15) is 0 Å². The topological polar surface area (TPSA) is 29.3 Å². The van der Waals surface area contributed by atoms with Crippen molar-refractivity contribution in [1.82, 2.24) is 4.90 Å². The normalized spacial score (nSPS) is 37.6. The molecule has 0 aromatic heterocycles. The largest absolute Gasteiger partial charge is 0.329 e. The Balaban J connectivity index is 2.00. The van der Waals surface area contributed by atoms with Gasteiger partial charge in [-0.1, -0.05) is 13.8 Å². The Morgan fingerprint density at radius 3 is 2.67 bits per heavy atom. The van der Waals surface area contributed by atoms with Crippen LogP contribution in [0.25, 0.3) is 0 Å². The molecule has 15 heavy (non-hydrogen) atoms. The summed E-state index contributed by atoms with van der Waals surface area (Å²) in [4.78, 5) is 2.69. The molecule has 2 N–H and O–H groups in total. The number of nitrogens with zero attached hydrogens (tertiary/aromatic N) is 1. The highest BCUT2D eigenvalue weighted by Crippen LogP contribution is 2.50. The molecule has 3 atom stereocenters. The van der Waals surface area contributed by atoms with Crippen LogP contribution in [0.5, 0.6) is 0 Å². The lowest BCUT2D eigenvalue weighted by molar-refractivity contribution is 0.0525. The van der Waals surface area contributed by atoms with Crippen LogP contribution in [0.3, 0.4) is 0 Å². The van der Waals surface area contributed by atoms with Crippen LogP contribution in [0.1, 0.15) is 46.5 Å². The molecule has 0 bridgehead atoms. The summed E-state index contributed by atoms with van der Waals surface area (Å²) >= 11 is 0. The average Bonchev–Trinajstić information content (AvgIpc) is 2.96. The van der Waals surface area contributed by atoms with Crippen LogP contribution in [0.15, 0.2) is 0 Å². The predicted octanol–water partition coefficient (Wildman–Crippen LogP) is 2.23. The number of hydrogen-bond acceptors (Lipinski definition) is 2. The van der Waals surface area contributed by atoms with Crippen molar-refractivity contribution in [2.45, 2.75) is 58.5 Å². The van der Waals surface area contributed by atoms with Crippen LogP contribution in [0.2, 0.25) is 0 Å².